The maximum atomic E-state index is 12.8. The molecule has 166 valence electrons. The number of hydrogen-bond acceptors (Lipinski definition) is 7. The Morgan fingerprint density at radius 3 is 2.06 bits per heavy atom. The zero-order valence-electron chi connectivity index (χ0n) is 17.9. The SMILES string of the molecule is COc1ccc(C(=O)Nc2ccccc2C(=O)Nc2nnc(-c3ccc(OC)cc3)o2)cc1. The summed E-state index contributed by atoms with van der Waals surface area (Å²) in [7, 11) is 3.12. The van der Waals surface area contributed by atoms with Crippen LogP contribution in [0.4, 0.5) is 11.7 Å². The Balaban J connectivity index is 1.48. The zero-order valence-corrected chi connectivity index (χ0v) is 17.9. The van der Waals surface area contributed by atoms with E-state index in [2.05, 4.69) is 20.8 Å². The summed E-state index contributed by atoms with van der Waals surface area (Å²) in [4.78, 5) is 25.5. The minimum absolute atomic E-state index is 0.0675. The molecular formula is C24H20N4O5. The van der Waals surface area contributed by atoms with Gasteiger partial charge in [0.05, 0.1) is 25.5 Å². The average Bonchev–Trinajstić information content (AvgIpc) is 3.32. The van der Waals surface area contributed by atoms with Crippen molar-refractivity contribution in [1.82, 2.24) is 10.2 Å². The van der Waals surface area contributed by atoms with Gasteiger partial charge in [-0.25, -0.2) is 0 Å². The van der Waals surface area contributed by atoms with Crippen LogP contribution in [0.5, 0.6) is 11.5 Å². The van der Waals surface area contributed by atoms with Crippen LogP contribution in [0.25, 0.3) is 11.5 Å². The quantitative estimate of drug-likeness (QED) is 0.438. The average molecular weight is 444 g/mol. The number of nitrogens with zero attached hydrogens (tertiary/aromatic N) is 2. The van der Waals surface area contributed by atoms with E-state index in [9.17, 15) is 9.59 Å². The van der Waals surface area contributed by atoms with E-state index >= 15 is 0 Å². The first-order valence-electron chi connectivity index (χ1n) is 9.91. The van der Waals surface area contributed by atoms with Crippen LogP contribution in [0, 0.1) is 0 Å². The minimum Gasteiger partial charge on any atom is -0.497 e. The number of nitrogens with one attached hydrogen (secondary N) is 2. The first-order chi connectivity index (χ1) is 16.1. The van der Waals surface area contributed by atoms with Crippen molar-refractivity contribution in [2.24, 2.45) is 0 Å². The molecule has 0 bridgehead atoms. The summed E-state index contributed by atoms with van der Waals surface area (Å²) < 4.78 is 15.8. The van der Waals surface area contributed by atoms with Gasteiger partial charge >= 0.3 is 6.01 Å². The lowest BCUT2D eigenvalue weighted by Gasteiger charge is -2.10. The number of benzene rings is 3. The molecule has 0 saturated heterocycles. The number of para-hydroxylation sites is 1. The highest BCUT2D eigenvalue weighted by Crippen LogP contribution is 2.24. The summed E-state index contributed by atoms with van der Waals surface area (Å²) in [6.45, 7) is 0. The van der Waals surface area contributed by atoms with Crippen LogP contribution in [0.3, 0.4) is 0 Å². The van der Waals surface area contributed by atoms with Crippen LogP contribution in [-0.2, 0) is 0 Å². The van der Waals surface area contributed by atoms with Crippen molar-refractivity contribution in [3.8, 4) is 23.0 Å². The summed E-state index contributed by atoms with van der Waals surface area (Å²) in [5.41, 5.74) is 1.68. The second-order valence-corrected chi connectivity index (χ2v) is 6.82. The van der Waals surface area contributed by atoms with Crippen LogP contribution >= 0.6 is 0 Å². The highest BCUT2D eigenvalue weighted by molar-refractivity contribution is 6.12. The third-order valence-electron chi connectivity index (χ3n) is 4.75. The Hall–Kier alpha value is -4.66. The van der Waals surface area contributed by atoms with Crippen LogP contribution in [0.2, 0.25) is 0 Å². The van der Waals surface area contributed by atoms with Crippen molar-refractivity contribution >= 4 is 23.5 Å². The van der Waals surface area contributed by atoms with E-state index in [-0.39, 0.29) is 23.4 Å². The van der Waals surface area contributed by atoms with Crippen LogP contribution in [-0.4, -0.2) is 36.2 Å². The van der Waals surface area contributed by atoms with Crippen LogP contribution in [0.1, 0.15) is 20.7 Å². The van der Waals surface area contributed by atoms with E-state index in [1.165, 1.54) is 0 Å². The van der Waals surface area contributed by atoms with Gasteiger partial charge in [0.25, 0.3) is 11.8 Å². The van der Waals surface area contributed by atoms with Crippen molar-refractivity contribution in [2.45, 2.75) is 0 Å². The minimum atomic E-state index is -0.509. The Labute approximate surface area is 189 Å². The van der Waals surface area contributed by atoms with E-state index < -0.39 is 5.91 Å². The van der Waals surface area contributed by atoms with Gasteiger partial charge in [0.1, 0.15) is 11.5 Å². The largest absolute Gasteiger partial charge is 0.497 e. The maximum absolute atomic E-state index is 12.8. The van der Waals surface area contributed by atoms with E-state index in [0.29, 0.717) is 28.3 Å². The van der Waals surface area contributed by atoms with Crippen molar-refractivity contribution in [3.63, 3.8) is 0 Å². The number of anilines is 2. The molecule has 0 saturated carbocycles. The first kappa shape index (κ1) is 21.6. The fraction of sp³-hybridized carbons (Fsp3) is 0.0833. The van der Waals surface area contributed by atoms with E-state index in [0.717, 1.165) is 0 Å². The van der Waals surface area contributed by atoms with Crippen molar-refractivity contribution in [2.75, 3.05) is 24.9 Å². The number of rotatable bonds is 7. The normalized spacial score (nSPS) is 10.4. The Kier molecular flexibility index (Phi) is 6.31. The number of hydrogen-bond donors (Lipinski definition) is 2. The molecule has 3 aromatic carbocycles. The standard InChI is InChI=1S/C24H20N4O5/c1-31-17-11-7-15(8-12-17)21(29)25-20-6-4-3-5-19(20)22(30)26-24-28-27-23(33-24)16-9-13-18(32-2)14-10-16/h3-14H,1-2H3,(H,25,29)(H,26,28,30). The van der Waals surface area contributed by atoms with Gasteiger partial charge < -0.3 is 19.2 Å². The number of carbonyl (C=O) groups is 2. The molecular weight excluding hydrogens is 424 g/mol. The Morgan fingerprint density at radius 2 is 1.39 bits per heavy atom. The molecule has 1 aromatic heterocycles. The topological polar surface area (TPSA) is 116 Å². The molecule has 2 amide bonds. The zero-order chi connectivity index (χ0) is 23.2. The Bertz CT molecular complexity index is 1270. The lowest BCUT2D eigenvalue weighted by Crippen LogP contribution is -2.18. The van der Waals surface area contributed by atoms with Crippen LogP contribution in [0.15, 0.2) is 77.2 Å². The third kappa shape index (κ3) is 4.99. The van der Waals surface area contributed by atoms with Gasteiger partial charge in [-0.2, -0.15) is 0 Å². The molecule has 33 heavy (non-hydrogen) atoms. The van der Waals surface area contributed by atoms with E-state index in [1.54, 1.807) is 87.0 Å². The van der Waals surface area contributed by atoms with Crippen molar-refractivity contribution < 1.29 is 23.5 Å². The molecule has 9 nitrogen and oxygen atoms in total. The number of aromatic nitrogens is 2. The molecule has 0 aliphatic rings. The van der Waals surface area contributed by atoms with Gasteiger partial charge in [-0.3, -0.25) is 14.9 Å². The van der Waals surface area contributed by atoms with Gasteiger partial charge in [-0.15, -0.1) is 5.10 Å². The molecule has 4 aromatic rings. The lowest BCUT2D eigenvalue weighted by molar-refractivity contribution is 0.102. The highest BCUT2D eigenvalue weighted by atomic mass is 16.5. The molecule has 0 aliphatic carbocycles. The van der Waals surface area contributed by atoms with Crippen molar-refractivity contribution in [3.05, 3.63) is 83.9 Å². The molecule has 0 atom stereocenters. The second-order valence-electron chi connectivity index (χ2n) is 6.82. The maximum Gasteiger partial charge on any atom is 0.322 e. The van der Waals surface area contributed by atoms with Gasteiger partial charge in [-0.05, 0) is 60.7 Å². The summed E-state index contributed by atoms with van der Waals surface area (Å²) in [5, 5.41) is 13.2. The van der Waals surface area contributed by atoms with Gasteiger partial charge in [0.2, 0.25) is 5.89 Å². The number of methoxy groups -OCH3 is 2. The summed E-state index contributed by atoms with van der Waals surface area (Å²) in [6.07, 6.45) is 0. The summed E-state index contributed by atoms with van der Waals surface area (Å²) in [5.74, 6) is 0.706. The van der Waals surface area contributed by atoms with Gasteiger partial charge in [-0.1, -0.05) is 17.2 Å². The molecule has 2 N–H and O–H groups in total. The van der Waals surface area contributed by atoms with Crippen LogP contribution < -0.4 is 20.1 Å². The number of carbonyl (C=O) groups excluding carboxylic acids is 2. The molecule has 0 aliphatic heterocycles. The lowest BCUT2D eigenvalue weighted by atomic mass is 10.1. The van der Waals surface area contributed by atoms with E-state index in [1.807, 2.05) is 0 Å². The van der Waals surface area contributed by atoms with E-state index in [4.69, 9.17) is 13.9 Å². The molecule has 9 heteroatoms. The predicted molar refractivity (Wildman–Crippen MR) is 122 cm³/mol. The van der Waals surface area contributed by atoms with Gasteiger partial charge in [0.15, 0.2) is 0 Å². The molecule has 4 rings (SSSR count). The fourth-order valence-electron chi connectivity index (χ4n) is 3.02. The molecule has 0 unspecified atom stereocenters. The van der Waals surface area contributed by atoms with Crippen molar-refractivity contribution in [1.29, 1.82) is 0 Å². The fourth-order valence-corrected chi connectivity index (χ4v) is 3.02. The third-order valence-corrected chi connectivity index (χ3v) is 4.75. The molecule has 0 spiro atoms. The smallest absolute Gasteiger partial charge is 0.322 e. The summed E-state index contributed by atoms with van der Waals surface area (Å²) in [6, 6.07) is 20.3. The van der Waals surface area contributed by atoms with Gasteiger partial charge in [0, 0.05) is 11.1 Å². The highest BCUT2D eigenvalue weighted by Gasteiger charge is 2.17. The Morgan fingerprint density at radius 1 is 0.758 bits per heavy atom. The molecule has 0 fully saturated rings. The molecule has 0 radical (unpaired) electrons. The molecule has 1 heterocycles. The number of amides is 2. The summed E-state index contributed by atoms with van der Waals surface area (Å²) >= 11 is 0. The first-order valence-corrected chi connectivity index (χ1v) is 9.91. The predicted octanol–water partition coefficient (Wildman–Crippen LogP) is 4.26. The second kappa shape index (κ2) is 9.65. The number of ether oxygens (including phenoxy) is 2. The monoisotopic (exact) mass is 444 g/mol.